The molecule has 0 aromatic carbocycles. The summed E-state index contributed by atoms with van der Waals surface area (Å²) in [5.41, 5.74) is 6.31. The first kappa shape index (κ1) is 36.9. The monoisotopic (exact) mass is 794 g/mol. The number of thiazole rings is 1. The number of aromatic nitrogens is 4. The number of aryl methyl sites for hydroxylation is 1. The molecule has 1 fully saturated rings. The average Bonchev–Trinajstić information content (AvgIpc) is 3.59. The molecule has 0 saturated carbocycles. The number of nitrogen functional groups attached to an aromatic ring is 1. The van der Waals surface area contributed by atoms with Gasteiger partial charge in [0.2, 0.25) is 6.10 Å². The number of anilines is 1. The van der Waals surface area contributed by atoms with Crippen molar-refractivity contribution < 1.29 is 38.8 Å². The van der Waals surface area contributed by atoms with Crippen molar-refractivity contribution in [3.8, 4) is 0 Å². The summed E-state index contributed by atoms with van der Waals surface area (Å²) in [5.74, 6) is -3.96. The second-order valence-corrected chi connectivity index (χ2v) is 15.7. The van der Waals surface area contributed by atoms with E-state index in [2.05, 4.69) is 25.8 Å². The number of carbonyl (C=O) groups is 4. The van der Waals surface area contributed by atoms with E-state index in [1.54, 1.807) is 21.4 Å². The molecular formula is C27H28Cl4N9O7S2+. The van der Waals surface area contributed by atoms with Gasteiger partial charge in [0.15, 0.2) is 10.8 Å². The van der Waals surface area contributed by atoms with Gasteiger partial charge in [0.1, 0.15) is 39.2 Å². The maximum absolute atomic E-state index is 13.4. The van der Waals surface area contributed by atoms with E-state index in [4.69, 9.17) is 62.1 Å². The maximum atomic E-state index is 13.4. The minimum Gasteiger partial charge on any atom is -0.478 e. The zero-order valence-electron chi connectivity index (χ0n) is 25.5. The number of aliphatic carboxylic acids is 2. The first-order valence-electron chi connectivity index (χ1n) is 14.3. The average molecular weight is 797 g/mol. The second kappa shape index (κ2) is 14.8. The first-order chi connectivity index (χ1) is 23.1. The molecule has 0 radical (unpaired) electrons. The fourth-order valence-corrected chi connectivity index (χ4v) is 7.87. The van der Waals surface area contributed by atoms with Crippen LogP contribution in [-0.2, 0) is 40.9 Å². The van der Waals surface area contributed by atoms with E-state index < -0.39 is 50.8 Å². The SMILES string of the molecule is CNCCCn1c(C(Cl)(Cl)Cl)nc2c1ccc[n+]2CC1=C(C(=O)O)N2C(=O)[C@@H](NC(=O)C(=NO[C@@H](C)C(=O)O)c3nc(N)sc3Cl)C2SC1. The third-order valence-corrected chi connectivity index (χ3v) is 10.4. The summed E-state index contributed by atoms with van der Waals surface area (Å²) in [7, 11) is 1.83. The normalized spacial score (nSPS) is 18.7. The highest BCUT2D eigenvalue weighted by Crippen LogP contribution is 2.41. The third-order valence-electron chi connectivity index (χ3n) is 7.43. The zero-order valence-corrected chi connectivity index (χ0v) is 30.2. The summed E-state index contributed by atoms with van der Waals surface area (Å²) < 4.78 is 1.67. The van der Waals surface area contributed by atoms with E-state index >= 15 is 0 Å². The van der Waals surface area contributed by atoms with Crippen molar-refractivity contribution in [2.75, 3.05) is 25.1 Å². The molecule has 2 aliphatic heterocycles. The van der Waals surface area contributed by atoms with Crippen LogP contribution in [0.4, 0.5) is 5.13 Å². The van der Waals surface area contributed by atoms with Crippen molar-refractivity contribution in [1.82, 2.24) is 30.1 Å². The van der Waals surface area contributed by atoms with Crippen molar-refractivity contribution >= 4 is 115 Å². The van der Waals surface area contributed by atoms with Gasteiger partial charge in [-0.3, -0.25) is 19.1 Å². The highest BCUT2D eigenvalue weighted by atomic mass is 35.6. The molecule has 1 unspecified atom stereocenters. The molecule has 5 rings (SSSR count). The summed E-state index contributed by atoms with van der Waals surface area (Å²) in [5, 5.41) is 27.9. The van der Waals surface area contributed by atoms with Crippen LogP contribution in [0.3, 0.4) is 0 Å². The number of imidazole rings is 1. The molecule has 2 amide bonds. The van der Waals surface area contributed by atoms with E-state index in [-0.39, 0.29) is 39.0 Å². The number of carboxylic acids is 2. The van der Waals surface area contributed by atoms with E-state index in [0.717, 1.165) is 22.7 Å². The number of thioether (sulfide) groups is 1. The zero-order chi connectivity index (χ0) is 35.8. The molecular weight excluding hydrogens is 768 g/mol. The van der Waals surface area contributed by atoms with Gasteiger partial charge in [-0.15, -0.1) is 11.8 Å². The molecule has 0 aliphatic carbocycles. The van der Waals surface area contributed by atoms with Crippen LogP contribution in [-0.4, -0.2) is 96.0 Å². The molecule has 3 atom stereocenters. The summed E-state index contributed by atoms with van der Waals surface area (Å²) in [6.45, 7) is 2.45. The van der Waals surface area contributed by atoms with Crippen LogP contribution < -0.4 is 20.9 Å². The standard InChI is InChI=1S/C27H27Cl4N9O7S2/c1-11(23(43)44)47-37-15(14-18(28)49-26(32)35-14)20(41)34-16-21(42)40-17(24(45)46)12(10-48-22(16)40)9-38-7-3-5-13-19(38)36-25(27(29,30)31)39(13)8-4-6-33-2/h3,5,7,11,16,22,33H,4,6,8-10H2,1-2H3,(H4-,32,34,35,41,43,44,45,46)/p+1/t11-,16+,22?/m0/s1. The number of hydrogen-bond donors (Lipinski definition) is 5. The van der Waals surface area contributed by atoms with Crippen LogP contribution in [0.1, 0.15) is 24.9 Å². The van der Waals surface area contributed by atoms with Gasteiger partial charge in [0.05, 0.1) is 6.20 Å². The molecule has 5 heterocycles. The highest BCUT2D eigenvalue weighted by molar-refractivity contribution is 8.00. The van der Waals surface area contributed by atoms with Crippen LogP contribution in [0.15, 0.2) is 34.8 Å². The van der Waals surface area contributed by atoms with Gasteiger partial charge in [-0.05, 0) is 44.1 Å². The summed E-state index contributed by atoms with van der Waals surface area (Å²) >= 11 is 27.1. The molecule has 2 aliphatic rings. The Morgan fingerprint density at radius 3 is 2.63 bits per heavy atom. The van der Waals surface area contributed by atoms with E-state index in [9.17, 15) is 24.3 Å². The number of hydrogen-bond acceptors (Lipinski definition) is 12. The van der Waals surface area contributed by atoms with Gasteiger partial charge >= 0.3 is 17.6 Å². The number of nitrogens with zero attached hydrogens (tertiary/aromatic N) is 6. The number of carboxylic acid groups (broad SMARTS) is 2. The lowest BCUT2D eigenvalue weighted by Crippen LogP contribution is -2.71. The number of carbonyl (C=O) groups excluding carboxylic acids is 2. The van der Waals surface area contributed by atoms with E-state index in [0.29, 0.717) is 29.8 Å². The number of halogens is 4. The molecule has 16 nitrogen and oxygen atoms in total. The van der Waals surface area contributed by atoms with Crippen molar-refractivity contribution in [3.63, 3.8) is 0 Å². The molecule has 6 N–H and O–H groups in total. The minimum atomic E-state index is -1.83. The molecule has 1 saturated heterocycles. The Bertz CT molecular complexity index is 1890. The number of fused-ring (bicyclic) bond motifs is 2. The Kier molecular flexibility index (Phi) is 11.2. The predicted octanol–water partition coefficient (Wildman–Crippen LogP) is 2.08. The fourth-order valence-electron chi connectivity index (χ4n) is 5.17. The Labute approximate surface area is 306 Å². The quantitative estimate of drug-likeness (QED) is 0.0420. The van der Waals surface area contributed by atoms with Gasteiger partial charge in [-0.25, -0.2) is 19.1 Å². The van der Waals surface area contributed by atoms with Gasteiger partial charge in [0, 0.05) is 17.9 Å². The number of alkyl halides is 3. The number of β-lactam (4-membered cyclic amide) rings is 1. The van der Waals surface area contributed by atoms with Crippen LogP contribution in [0.25, 0.3) is 11.2 Å². The number of amides is 2. The number of nitrogens with one attached hydrogen (secondary N) is 2. The van der Waals surface area contributed by atoms with Crippen LogP contribution >= 0.6 is 69.5 Å². The Balaban J connectivity index is 1.42. The number of rotatable bonds is 13. The Morgan fingerprint density at radius 1 is 1.29 bits per heavy atom. The Morgan fingerprint density at radius 2 is 2.02 bits per heavy atom. The molecule has 49 heavy (non-hydrogen) atoms. The van der Waals surface area contributed by atoms with Crippen molar-refractivity contribution in [3.05, 3.63) is 45.5 Å². The summed E-state index contributed by atoms with van der Waals surface area (Å²) in [4.78, 5) is 65.3. The minimum absolute atomic E-state index is 0.00178. The Hall–Kier alpha value is -3.39. The fraction of sp³-hybridized carbons (Fsp3) is 0.407. The maximum Gasteiger partial charge on any atom is 0.352 e. The van der Waals surface area contributed by atoms with Gasteiger partial charge < -0.3 is 31.4 Å². The lowest BCUT2D eigenvalue weighted by Gasteiger charge is -2.49. The van der Waals surface area contributed by atoms with Crippen LogP contribution in [0.5, 0.6) is 0 Å². The largest absolute Gasteiger partial charge is 0.478 e. The van der Waals surface area contributed by atoms with Crippen molar-refractivity contribution in [1.29, 1.82) is 0 Å². The van der Waals surface area contributed by atoms with E-state index in [1.165, 1.54) is 18.7 Å². The van der Waals surface area contributed by atoms with Gasteiger partial charge in [0.25, 0.3) is 21.4 Å². The molecule has 262 valence electrons. The number of nitrogens with two attached hydrogens (primary N) is 1. The van der Waals surface area contributed by atoms with Crippen LogP contribution in [0.2, 0.25) is 4.34 Å². The van der Waals surface area contributed by atoms with Gasteiger partial charge in [-0.2, -0.15) is 0 Å². The summed E-state index contributed by atoms with van der Waals surface area (Å²) in [6, 6.07) is 2.42. The second-order valence-electron chi connectivity index (χ2n) is 10.7. The first-order valence-corrected chi connectivity index (χ1v) is 17.7. The lowest BCUT2D eigenvalue weighted by atomic mass is 10.0. The molecule has 3 aromatic heterocycles. The van der Waals surface area contributed by atoms with Crippen molar-refractivity contribution in [2.45, 2.75) is 47.7 Å². The summed E-state index contributed by atoms with van der Waals surface area (Å²) in [6.07, 6.45) is 1.00. The predicted molar refractivity (Wildman–Crippen MR) is 184 cm³/mol. The highest BCUT2D eigenvalue weighted by Gasteiger charge is 2.55. The van der Waals surface area contributed by atoms with Gasteiger partial charge in [-0.1, -0.05) is 62.9 Å². The molecule has 0 bridgehead atoms. The lowest BCUT2D eigenvalue weighted by molar-refractivity contribution is -0.664. The molecule has 0 spiro atoms. The number of oxime groups is 1. The van der Waals surface area contributed by atoms with Crippen molar-refractivity contribution in [2.24, 2.45) is 5.16 Å². The van der Waals surface area contributed by atoms with Crippen LogP contribution in [0, 0.1) is 0 Å². The smallest absolute Gasteiger partial charge is 0.352 e. The number of pyridine rings is 1. The van der Waals surface area contributed by atoms with E-state index in [1.807, 2.05) is 13.1 Å². The third kappa shape index (κ3) is 7.54. The topological polar surface area (TPSA) is 218 Å². The molecule has 3 aromatic rings. The molecule has 22 heteroatoms.